The number of aryl methyl sites for hydroxylation is 1. The lowest BCUT2D eigenvalue weighted by molar-refractivity contribution is 0.227. The molecule has 1 aromatic heterocycles. The average Bonchev–Trinajstić information content (AvgIpc) is 3.00. The molecule has 0 saturated heterocycles. The summed E-state index contributed by atoms with van der Waals surface area (Å²) in [5.41, 5.74) is 5.09. The number of aromatic nitrogens is 1. The summed E-state index contributed by atoms with van der Waals surface area (Å²) >= 11 is 0. The van der Waals surface area contributed by atoms with Gasteiger partial charge in [-0.25, -0.2) is 0 Å². The summed E-state index contributed by atoms with van der Waals surface area (Å²) in [5.74, 6) is 0. The van der Waals surface area contributed by atoms with Gasteiger partial charge in [0.15, 0.2) is 0 Å². The van der Waals surface area contributed by atoms with Gasteiger partial charge in [-0.05, 0) is 36.5 Å². The van der Waals surface area contributed by atoms with Crippen molar-refractivity contribution in [1.29, 1.82) is 0 Å². The van der Waals surface area contributed by atoms with Gasteiger partial charge in [0.1, 0.15) is 0 Å². The first-order valence-electron chi connectivity index (χ1n) is 8.38. The van der Waals surface area contributed by atoms with E-state index < -0.39 is 0 Å². The van der Waals surface area contributed by atoms with Gasteiger partial charge in [-0.15, -0.1) is 0 Å². The molecule has 3 nitrogen and oxygen atoms in total. The Hall–Kier alpha value is -2.10. The Kier molecular flexibility index (Phi) is 3.90. The maximum Gasteiger partial charge on any atom is 0.0626 e. The topological polar surface area (TPSA) is 48.0 Å². The van der Waals surface area contributed by atoms with Crippen molar-refractivity contribution in [2.75, 3.05) is 6.61 Å². The first-order chi connectivity index (χ1) is 11.4. The van der Waals surface area contributed by atoms with Crippen LogP contribution >= 0.6 is 0 Å². The van der Waals surface area contributed by atoms with Crippen molar-refractivity contribution >= 4 is 10.9 Å². The highest BCUT2D eigenvalue weighted by Crippen LogP contribution is 2.35. The standard InChI is InChI=1S/C20H22N2O/c23-13-19(14-7-2-1-3-8-14)21-18-12-6-10-16-15-9-4-5-11-17(15)22-20(16)18/h1-5,7-9,11,18-19,21-23H,6,10,12-13H2/t18?,19-/m0/s1. The molecule has 23 heavy (non-hydrogen) atoms. The monoisotopic (exact) mass is 306 g/mol. The molecule has 2 aromatic carbocycles. The number of fused-ring (bicyclic) bond motifs is 3. The van der Waals surface area contributed by atoms with E-state index in [1.807, 2.05) is 18.2 Å². The third kappa shape index (κ3) is 2.67. The smallest absolute Gasteiger partial charge is 0.0626 e. The number of aliphatic hydroxyl groups excluding tert-OH is 1. The molecule has 0 saturated carbocycles. The van der Waals surface area contributed by atoms with Gasteiger partial charge in [-0.1, -0.05) is 48.5 Å². The molecule has 1 unspecified atom stereocenters. The van der Waals surface area contributed by atoms with Crippen LogP contribution in [0.1, 0.15) is 41.7 Å². The largest absolute Gasteiger partial charge is 0.394 e. The van der Waals surface area contributed by atoms with E-state index in [1.54, 1.807) is 0 Å². The number of benzene rings is 2. The van der Waals surface area contributed by atoms with Crippen LogP contribution < -0.4 is 5.32 Å². The second-order valence-corrected chi connectivity index (χ2v) is 6.32. The average molecular weight is 306 g/mol. The molecule has 0 fully saturated rings. The van der Waals surface area contributed by atoms with Crippen LogP contribution in [0.2, 0.25) is 0 Å². The number of rotatable bonds is 4. The highest BCUT2D eigenvalue weighted by atomic mass is 16.3. The number of H-pyrrole nitrogens is 1. The highest BCUT2D eigenvalue weighted by molar-refractivity contribution is 5.85. The molecular weight excluding hydrogens is 284 g/mol. The lowest BCUT2D eigenvalue weighted by atomic mass is 9.91. The number of aromatic amines is 1. The lowest BCUT2D eigenvalue weighted by Gasteiger charge is -2.28. The zero-order chi connectivity index (χ0) is 15.6. The molecule has 3 aromatic rings. The van der Waals surface area contributed by atoms with Crippen LogP contribution in [0.3, 0.4) is 0 Å². The summed E-state index contributed by atoms with van der Waals surface area (Å²) in [6.45, 7) is 0.107. The van der Waals surface area contributed by atoms with Gasteiger partial charge in [0.2, 0.25) is 0 Å². The summed E-state index contributed by atoms with van der Waals surface area (Å²) in [4.78, 5) is 3.60. The Labute approximate surface area is 136 Å². The number of nitrogens with one attached hydrogen (secondary N) is 2. The Morgan fingerprint density at radius 3 is 2.70 bits per heavy atom. The van der Waals surface area contributed by atoms with E-state index in [1.165, 1.54) is 28.6 Å². The molecule has 1 heterocycles. The van der Waals surface area contributed by atoms with Gasteiger partial charge in [0, 0.05) is 22.6 Å². The van der Waals surface area contributed by atoms with Crippen molar-refractivity contribution in [3.63, 3.8) is 0 Å². The predicted octanol–water partition coefficient (Wildman–Crippen LogP) is 3.87. The Balaban J connectivity index is 1.66. The van der Waals surface area contributed by atoms with Gasteiger partial charge in [0.25, 0.3) is 0 Å². The maximum absolute atomic E-state index is 9.83. The minimum absolute atomic E-state index is 0.0291. The van der Waals surface area contributed by atoms with E-state index in [0.717, 1.165) is 18.4 Å². The first-order valence-corrected chi connectivity index (χ1v) is 8.38. The summed E-state index contributed by atoms with van der Waals surface area (Å²) in [5, 5.41) is 14.8. The van der Waals surface area contributed by atoms with Gasteiger partial charge in [-0.3, -0.25) is 5.32 Å². The van der Waals surface area contributed by atoms with Crippen molar-refractivity contribution in [3.05, 3.63) is 71.4 Å². The van der Waals surface area contributed by atoms with Crippen molar-refractivity contribution in [1.82, 2.24) is 10.3 Å². The second kappa shape index (κ2) is 6.19. The molecule has 118 valence electrons. The molecule has 0 aliphatic heterocycles. The van der Waals surface area contributed by atoms with Crippen molar-refractivity contribution < 1.29 is 5.11 Å². The fourth-order valence-electron chi connectivity index (χ4n) is 3.76. The highest BCUT2D eigenvalue weighted by Gasteiger charge is 2.26. The molecule has 1 aliphatic carbocycles. The van der Waals surface area contributed by atoms with Crippen LogP contribution in [-0.2, 0) is 6.42 Å². The van der Waals surface area contributed by atoms with Crippen LogP contribution in [0, 0.1) is 0 Å². The number of aliphatic hydroxyl groups is 1. The summed E-state index contributed by atoms with van der Waals surface area (Å²) in [6.07, 6.45) is 3.41. The quantitative estimate of drug-likeness (QED) is 0.685. The van der Waals surface area contributed by atoms with Gasteiger partial charge < -0.3 is 10.1 Å². The van der Waals surface area contributed by atoms with Gasteiger partial charge in [-0.2, -0.15) is 0 Å². The lowest BCUT2D eigenvalue weighted by Crippen LogP contribution is -2.31. The maximum atomic E-state index is 9.83. The second-order valence-electron chi connectivity index (χ2n) is 6.32. The molecule has 0 radical (unpaired) electrons. The minimum atomic E-state index is -0.0291. The van der Waals surface area contributed by atoms with Gasteiger partial charge in [0.05, 0.1) is 12.6 Å². The minimum Gasteiger partial charge on any atom is -0.394 e. The van der Waals surface area contributed by atoms with E-state index in [9.17, 15) is 5.11 Å². The van der Waals surface area contributed by atoms with Crippen molar-refractivity contribution in [2.45, 2.75) is 31.3 Å². The zero-order valence-corrected chi connectivity index (χ0v) is 13.1. The van der Waals surface area contributed by atoms with Crippen LogP contribution in [-0.4, -0.2) is 16.7 Å². The molecule has 0 bridgehead atoms. The Bertz CT molecular complexity index is 794. The molecule has 1 aliphatic rings. The predicted molar refractivity (Wildman–Crippen MR) is 93.4 cm³/mol. The SMILES string of the molecule is OC[C@H](NC1CCCc2c1[nH]c1ccccc21)c1ccccc1. The summed E-state index contributed by atoms with van der Waals surface area (Å²) in [6, 6.07) is 19.0. The van der Waals surface area contributed by atoms with Crippen molar-refractivity contribution in [3.8, 4) is 0 Å². The summed E-state index contributed by atoms with van der Waals surface area (Å²) < 4.78 is 0. The third-order valence-electron chi connectivity index (χ3n) is 4.90. The van der Waals surface area contributed by atoms with Crippen molar-refractivity contribution in [2.24, 2.45) is 0 Å². The number of hydrogen-bond acceptors (Lipinski definition) is 2. The molecule has 3 heteroatoms. The molecule has 2 atom stereocenters. The number of hydrogen-bond donors (Lipinski definition) is 3. The van der Waals surface area contributed by atoms with Gasteiger partial charge >= 0.3 is 0 Å². The normalized spacial score (nSPS) is 18.7. The molecule has 3 N–H and O–H groups in total. The fourth-order valence-corrected chi connectivity index (χ4v) is 3.76. The fraction of sp³-hybridized carbons (Fsp3) is 0.300. The molecule has 0 spiro atoms. The van der Waals surface area contributed by atoms with E-state index in [2.05, 4.69) is 46.7 Å². The van der Waals surface area contributed by atoms with E-state index in [0.29, 0.717) is 0 Å². The number of para-hydroxylation sites is 1. The third-order valence-corrected chi connectivity index (χ3v) is 4.90. The van der Waals surface area contributed by atoms with Crippen LogP contribution in [0.4, 0.5) is 0 Å². The molecule has 4 rings (SSSR count). The Morgan fingerprint density at radius 2 is 1.87 bits per heavy atom. The van der Waals surface area contributed by atoms with E-state index >= 15 is 0 Å². The zero-order valence-electron chi connectivity index (χ0n) is 13.1. The molecule has 0 amide bonds. The van der Waals surface area contributed by atoms with Crippen LogP contribution in [0.5, 0.6) is 0 Å². The van der Waals surface area contributed by atoms with E-state index in [4.69, 9.17) is 0 Å². The van der Waals surface area contributed by atoms with E-state index in [-0.39, 0.29) is 18.7 Å². The van der Waals surface area contributed by atoms with Crippen LogP contribution in [0.25, 0.3) is 10.9 Å². The molecular formula is C20H22N2O. The first kappa shape index (κ1) is 14.5. The Morgan fingerprint density at radius 1 is 1.09 bits per heavy atom. The van der Waals surface area contributed by atoms with Crippen LogP contribution in [0.15, 0.2) is 54.6 Å². The summed E-state index contributed by atoms with van der Waals surface area (Å²) in [7, 11) is 0.